The molecule has 0 unspecified atom stereocenters. The summed E-state index contributed by atoms with van der Waals surface area (Å²) in [6, 6.07) is 9.94. The number of rotatable bonds is 1. The Bertz CT molecular complexity index is 514. The Morgan fingerprint density at radius 3 is 2.47 bits per heavy atom. The molecule has 2 rings (SSSR count). The lowest BCUT2D eigenvalue weighted by atomic mass is 10.1. The second kappa shape index (κ2) is 4.36. The molecule has 0 bridgehead atoms. The van der Waals surface area contributed by atoms with Crippen molar-refractivity contribution in [2.75, 3.05) is 0 Å². The van der Waals surface area contributed by atoms with Gasteiger partial charge < -0.3 is 0 Å². The summed E-state index contributed by atoms with van der Waals surface area (Å²) >= 11 is 2.25. The van der Waals surface area contributed by atoms with Gasteiger partial charge in [-0.05, 0) is 40.3 Å². The fraction of sp³-hybridized carbons (Fsp3) is 0. The predicted molar refractivity (Wildman–Crippen MR) is 64.9 cm³/mol. The first kappa shape index (κ1) is 10.1. The highest BCUT2D eigenvalue weighted by Crippen LogP contribution is 2.19. The smallest absolute Gasteiger partial charge is 0.227 e. The zero-order valence-electron chi connectivity index (χ0n) is 7.68. The van der Waals surface area contributed by atoms with Crippen LogP contribution < -0.4 is 0 Å². The van der Waals surface area contributed by atoms with Gasteiger partial charge in [-0.1, -0.05) is 12.1 Å². The van der Waals surface area contributed by atoms with Crippen LogP contribution in [-0.2, 0) is 0 Å². The minimum absolute atomic E-state index is 0.198. The molecule has 0 saturated carbocycles. The zero-order valence-corrected chi connectivity index (χ0v) is 9.84. The Labute approximate surface area is 101 Å². The minimum Gasteiger partial charge on any atom is -0.227 e. The first-order chi connectivity index (χ1) is 7.29. The molecular weight excluding hydrogens is 301 g/mol. The Morgan fingerprint density at radius 1 is 1.13 bits per heavy atom. The number of hydrogen-bond donors (Lipinski definition) is 0. The van der Waals surface area contributed by atoms with Crippen molar-refractivity contribution in [3.05, 3.63) is 46.1 Å². The Balaban J connectivity index is 2.42. The van der Waals surface area contributed by atoms with Gasteiger partial charge in [-0.25, -0.2) is 9.97 Å². The highest BCUT2D eigenvalue weighted by atomic mass is 127. The molecule has 15 heavy (non-hydrogen) atoms. The second-order valence-corrected chi connectivity index (χ2v) is 4.16. The quantitative estimate of drug-likeness (QED) is 0.761. The third-order valence-electron chi connectivity index (χ3n) is 1.91. The average Bonchev–Trinajstić information content (AvgIpc) is 2.29. The lowest BCUT2D eigenvalue weighted by Gasteiger charge is -2.00. The van der Waals surface area contributed by atoms with Gasteiger partial charge in [-0.2, -0.15) is 5.26 Å². The van der Waals surface area contributed by atoms with Gasteiger partial charge >= 0.3 is 0 Å². The topological polar surface area (TPSA) is 49.6 Å². The largest absolute Gasteiger partial charge is 0.232 e. The van der Waals surface area contributed by atoms with Gasteiger partial charge in [0, 0.05) is 21.5 Å². The maximum atomic E-state index is 8.57. The van der Waals surface area contributed by atoms with Crippen LogP contribution in [0.2, 0.25) is 0 Å². The summed E-state index contributed by atoms with van der Waals surface area (Å²) in [5, 5.41) is 8.57. The van der Waals surface area contributed by atoms with Crippen LogP contribution in [0.3, 0.4) is 0 Å². The van der Waals surface area contributed by atoms with Crippen molar-refractivity contribution in [2.24, 2.45) is 0 Å². The molecule has 4 heteroatoms. The van der Waals surface area contributed by atoms with E-state index in [0.717, 1.165) is 14.7 Å². The molecular formula is C11H6IN3. The summed E-state index contributed by atoms with van der Waals surface area (Å²) in [6.07, 6.45) is 3.33. The summed E-state index contributed by atoms with van der Waals surface area (Å²) in [5.41, 5.74) is 1.99. The molecule has 0 atom stereocenters. The van der Waals surface area contributed by atoms with Crippen molar-refractivity contribution in [1.82, 2.24) is 9.97 Å². The number of nitriles is 1. The van der Waals surface area contributed by atoms with Crippen LogP contribution >= 0.6 is 22.6 Å². The van der Waals surface area contributed by atoms with Crippen molar-refractivity contribution < 1.29 is 0 Å². The molecule has 0 aliphatic heterocycles. The molecule has 0 N–H and O–H groups in total. The molecule has 1 aromatic carbocycles. The van der Waals surface area contributed by atoms with E-state index >= 15 is 0 Å². The van der Waals surface area contributed by atoms with E-state index < -0.39 is 0 Å². The number of halogens is 1. The second-order valence-electron chi connectivity index (χ2n) is 2.92. The molecule has 2 aromatic rings. The Kier molecular flexibility index (Phi) is 2.92. The molecule has 3 nitrogen and oxygen atoms in total. The van der Waals surface area contributed by atoms with Crippen LogP contribution in [0.25, 0.3) is 11.1 Å². The van der Waals surface area contributed by atoms with Gasteiger partial charge in [0.25, 0.3) is 0 Å². The van der Waals surface area contributed by atoms with Gasteiger partial charge in [-0.15, -0.1) is 0 Å². The lowest BCUT2D eigenvalue weighted by molar-refractivity contribution is 1.12. The number of nitrogens with zero attached hydrogens (tertiary/aromatic N) is 3. The average molecular weight is 307 g/mol. The summed E-state index contributed by atoms with van der Waals surface area (Å²) < 4.78 is 1.16. The molecule has 72 valence electrons. The van der Waals surface area contributed by atoms with E-state index in [0.29, 0.717) is 0 Å². The first-order valence-corrected chi connectivity index (χ1v) is 5.35. The van der Waals surface area contributed by atoms with Crippen LogP contribution in [0.5, 0.6) is 0 Å². The van der Waals surface area contributed by atoms with Gasteiger partial charge in [0.2, 0.25) is 5.82 Å². The van der Waals surface area contributed by atoms with Crippen molar-refractivity contribution in [3.63, 3.8) is 0 Å². The molecule has 0 radical (unpaired) electrons. The summed E-state index contributed by atoms with van der Waals surface area (Å²) in [4.78, 5) is 7.86. The summed E-state index contributed by atoms with van der Waals surface area (Å²) in [5.74, 6) is 0.198. The van der Waals surface area contributed by atoms with Crippen molar-refractivity contribution >= 4 is 22.6 Å². The van der Waals surface area contributed by atoms with Crippen LogP contribution in [0.15, 0.2) is 36.7 Å². The van der Waals surface area contributed by atoms with Crippen LogP contribution in [0.4, 0.5) is 0 Å². The van der Waals surface area contributed by atoms with E-state index in [2.05, 4.69) is 32.6 Å². The van der Waals surface area contributed by atoms with Crippen LogP contribution in [0.1, 0.15) is 5.82 Å². The van der Waals surface area contributed by atoms with Gasteiger partial charge in [0.1, 0.15) is 6.07 Å². The van der Waals surface area contributed by atoms with E-state index in [9.17, 15) is 0 Å². The fourth-order valence-corrected chi connectivity index (χ4v) is 1.75. The van der Waals surface area contributed by atoms with Crippen molar-refractivity contribution in [1.29, 1.82) is 5.26 Å². The molecule has 0 fully saturated rings. The number of aromatic nitrogens is 2. The normalized spacial score (nSPS) is 9.60. The van der Waals surface area contributed by atoms with Gasteiger partial charge in [0.15, 0.2) is 0 Å². The predicted octanol–water partition coefficient (Wildman–Crippen LogP) is 2.62. The van der Waals surface area contributed by atoms with E-state index in [1.807, 2.05) is 30.3 Å². The van der Waals surface area contributed by atoms with Crippen molar-refractivity contribution in [2.45, 2.75) is 0 Å². The molecule has 0 saturated heterocycles. The third kappa shape index (κ3) is 2.30. The Morgan fingerprint density at radius 2 is 1.87 bits per heavy atom. The summed E-state index contributed by atoms with van der Waals surface area (Å²) in [6.45, 7) is 0. The molecule has 0 amide bonds. The third-order valence-corrected chi connectivity index (χ3v) is 2.58. The first-order valence-electron chi connectivity index (χ1n) is 4.27. The standard InChI is InChI=1S/C11H6IN3/c12-10-3-1-2-8(4-10)9-6-14-11(5-13)15-7-9/h1-4,6-7H. The highest BCUT2D eigenvalue weighted by Gasteiger charge is 1.99. The number of hydrogen-bond acceptors (Lipinski definition) is 3. The lowest BCUT2D eigenvalue weighted by Crippen LogP contribution is -1.88. The van der Waals surface area contributed by atoms with E-state index in [1.54, 1.807) is 12.4 Å². The zero-order chi connectivity index (χ0) is 10.7. The Hall–Kier alpha value is -1.48. The molecule has 1 aromatic heterocycles. The maximum Gasteiger partial charge on any atom is 0.232 e. The highest BCUT2D eigenvalue weighted by molar-refractivity contribution is 14.1. The van der Waals surface area contributed by atoms with Crippen LogP contribution in [-0.4, -0.2) is 9.97 Å². The maximum absolute atomic E-state index is 8.57. The van der Waals surface area contributed by atoms with E-state index in [1.165, 1.54) is 0 Å². The number of benzene rings is 1. The molecule has 0 aliphatic rings. The minimum atomic E-state index is 0.198. The van der Waals surface area contributed by atoms with Gasteiger partial charge in [0.05, 0.1) is 0 Å². The monoisotopic (exact) mass is 307 g/mol. The molecule has 0 aliphatic carbocycles. The summed E-state index contributed by atoms with van der Waals surface area (Å²) in [7, 11) is 0. The van der Waals surface area contributed by atoms with Crippen LogP contribution in [0, 0.1) is 14.9 Å². The van der Waals surface area contributed by atoms with E-state index in [4.69, 9.17) is 5.26 Å². The molecule has 1 heterocycles. The van der Waals surface area contributed by atoms with Gasteiger partial charge in [-0.3, -0.25) is 0 Å². The fourth-order valence-electron chi connectivity index (χ4n) is 1.20. The molecule has 0 spiro atoms. The van der Waals surface area contributed by atoms with Crippen molar-refractivity contribution in [3.8, 4) is 17.2 Å². The van der Waals surface area contributed by atoms with E-state index in [-0.39, 0.29) is 5.82 Å². The SMILES string of the molecule is N#Cc1ncc(-c2cccc(I)c2)cn1.